The maximum absolute atomic E-state index is 9.92. The lowest BCUT2D eigenvalue weighted by Gasteiger charge is -2.03. The molecule has 0 fully saturated rings. The van der Waals surface area contributed by atoms with Crippen LogP contribution in [0.4, 0.5) is 0 Å². The van der Waals surface area contributed by atoms with Gasteiger partial charge in [-0.05, 0) is 18.6 Å². The number of rotatable bonds is 5. The fraction of sp³-hybridized carbons (Fsp3) is 1.00. The predicted molar refractivity (Wildman–Crippen MR) is 47.3 cm³/mol. The van der Waals surface area contributed by atoms with Gasteiger partial charge >= 0.3 is 0 Å². The summed E-state index contributed by atoms with van der Waals surface area (Å²) in [6.07, 6.45) is 1.41. The minimum atomic E-state index is -2.76. The topological polar surface area (TPSA) is 43.4 Å². The number of hydrogen-bond donors (Lipinski definition) is 3. The molecule has 0 rings (SSSR count). The second kappa shape index (κ2) is 6.33. The van der Waals surface area contributed by atoms with E-state index in [1.165, 1.54) is 0 Å². The van der Waals surface area contributed by atoms with Gasteiger partial charge in [-0.1, -0.05) is 0 Å². The van der Waals surface area contributed by atoms with Gasteiger partial charge in [0.1, 0.15) is 5.44 Å². The van der Waals surface area contributed by atoms with Crippen molar-refractivity contribution in [1.82, 2.24) is 0 Å². The molecule has 0 aromatic carbocycles. The molecule has 62 valence electrons. The number of hydrogen-bond acceptors (Lipinski definition) is 5. The summed E-state index contributed by atoms with van der Waals surface area (Å²) in [4.78, 5) is 0. The highest BCUT2D eigenvalue weighted by Gasteiger charge is 2.01. The molecule has 0 radical (unpaired) electrons. The molecule has 3 nitrogen and oxygen atoms in total. The average molecular weight is 202 g/mol. The van der Waals surface area contributed by atoms with Crippen LogP contribution in [-0.4, -0.2) is 19.6 Å². The Morgan fingerprint density at radius 3 is 2.50 bits per heavy atom. The maximum atomic E-state index is 9.92. The first kappa shape index (κ1) is 10.6. The van der Waals surface area contributed by atoms with E-state index in [9.17, 15) is 8.42 Å². The Balaban J connectivity index is 3.33. The summed E-state index contributed by atoms with van der Waals surface area (Å²) in [5.74, 6) is 0.718. The standard InChI is InChI=1S/C4H10O3S3/c5-10(6)7-4(9)2-1-3-8/h4,8-10H,1-3H2. The lowest BCUT2D eigenvalue weighted by molar-refractivity contribution is 0.295. The van der Waals surface area contributed by atoms with E-state index in [1.807, 2.05) is 0 Å². The van der Waals surface area contributed by atoms with Crippen molar-refractivity contribution in [3.05, 3.63) is 0 Å². The van der Waals surface area contributed by atoms with Crippen molar-refractivity contribution in [3.8, 4) is 0 Å². The lowest BCUT2D eigenvalue weighted by atomic mass is 10.4. The van der Waals surface area contributed by atoms with Crippen molar-refractivity contribution in [3.63, 3.8) is 0 Å². The van der Waals surface area contributed by atoms with E-state index in [2.05, 4.69) is 29.4 Å². The average Bonchev–Trinajstić information content (AvgIpc) is 1.82. The third-order valence-corrected chi connectivity index (χ3v) is 2.09. The highest BCUT2D eigenvalue weighted by atomic mass is 32.2. The molecule has 1 atom stereocenters. The quantitative estimate of drug-likeness (QED) is 0.449. The molecule has 0 aliphatic carbocycles. The second-order valence-corrected chi connectivity index (χ2v) is 3.33. The normalized spacial score (nSPS) is 13.9. The first-order chi connectivity index (χ1) is 4.66. The first-order valence-corrected chi connectivity index (χ1v) is 5.01. The van der Waals surface area contributed by atoms with Crippen molar-refractivity contribution in [2.24, 2.45) is 0 Å². The molecule has 0 bridgehead atoms. The second-order valence-electron chi connectivity index (χ2n) is 1.65. The van der Waals surface area contributed by atoms with Gasteiger partial charge in [-0.25, -0.2) is 8.42 Å². The molecule has 0 saturated heterocycles. The summed E-state index contributed by atoms with van der Waals surface area (Å²) >= 11 is 7.81. The summed E-state index contributed by atoms with van der Waals surface area (Å²) in [6, 6.07) is 0. The lowest BCUT2D eigenvalue weighted by Crippen LogP contribution is -2.03. The van der Waals surface area contributed by atoms with E-state index in [0.29, 0.717) is 6.42 Å². The van der Waals surface area contributed by atoms with Gasteiger partial charge in [-0.3, -0.25) is 4.18 Å². The molecule has 0 heterocycles. The molecule has 0 amide bonds. The third-order valence-electron chi connectivity index (χ3n) is 0.817. The fourth-order valence-electron chi connectivity index (χ4n) is 0.418. The van der Waals surface area contributed by atoms with Crippen LogP contribution in [0.5, 0.6) is 0 Å². The molecular formula is C4H10O3S3. The number of thiol groups is 3. The van der Waals surface area contributed by atoms with Gasteiger partial charge in [-0.15, -0.1) is 12.6 Å². The molecule has 0 saturated carbocycles. The largest absolute Gasteiger partial charge is 0.258 e. The van der Waals surface area contributed by atoms with Crippen molar-refractivity contribution in [1.29, 1.82) is 0 Å². The van der Waals surface area contributed by atoms with Gasteiger partial charge < -0.3 is 0 Å². The van der Waals surface area contributed by atoms with Gasteiger partial charge in [0.25, 0.3) is 11.0 Å². The van der Waals surface area contributed by atoms with Crippen LogP contribution in [0.3, 0.4) is 0 Å². The fourth-order valence-corrected chi connectivity index (χ4v) is 1.32. The van der Waals surface area contributed by atoms with Gasteiger partial charge in [0, 0.05) is 0 Å². The zero-order valence-electron chi connectivity index (χ0n) is 5.27. The molecule has 0 aromatic heterocycles. The van der Waals surface area contributed by atoms with Gasteiger partial charge in [0.2, 0.25) is 0 Å². The minimum Gasteiger partial charge on any atom is -0.258 e. The Kier molecular flexibility index (Phi) is 6.71. The molecule has 1 unspecified atom stereocenters. The molecule has 10 heavy (non-hydrogen) atoms. The van der Waals surface area contributed by atoms with Gasteiger partial charge in [0.05, 0.1) is 0 Å². The molecule has 0 aliphatic rings. The van der Waals surface area contributed by atoms with E-state index in [-0.39, 0.29) is 0 Å². The van der Waals surface area contributed by atoms with Crippen LogP contribution in [0.15, 0.2) is 0 Å². The Morgan fingerprint density at radius 1 is 1.50 bits per heavy atom. The van der Waals surface area contributed by atoms with Crippen LogP contribution >= 0.6 is 25.3 Å². The van der Waals surface area contributed by atoms with Crippen LogP contribution in [0.2, 0.25) is 0 Å². The van der Waals surface area contributed by atoms with Gasteiger partial charge in [0.15, 0.2) is 0 Å². The minimum absolute atomic E-state index is 0.506. The highest BCUT2D eigenvalue weighted by molar-refractivity contribution is 7.81. The SMILES string of the molecule is O=[SH](=O)OC(S)CCCS. The van der Waals surface area contributed by atoms with Crippen LogP contribution < -0.4 is 0 Å². The highest BCUT2D eigenvalue weighted by Crippen LogP contribution is 2.06. The van der Waals surface area contributed by atoms with Crippen LogP contribution in [0.1, 0.15) is 12.8 Å². The third kappa shape index (κ3) is 6.73. The summed E-state index contributed by atoms with van der Waals surface area (Å²) in [7, 11) is -2.76. The summed E-state index contributed by atoms with van der Waals surface area (Å²) in [5, 5.41) is 0. The van der Waals surface area contributed by atoms with E-state index >= 15 is 0 Å². The molecule has 0 aliphatic heterocycles. The van der Waals surface area contributed by atoms with Crippen LogP contribution in [0, 0.1) is 0 Å². The Hall–Kier alpha value is 0.610. The van der Waals surface area contributed by atoms with Crippen LogP contribution in [-0.2, 0) is 15.2 Å². The first-order valence-electron chi connectivity index (χ1n) is 2.77. The van der Waals surface area contributed by atoms with Crippen molar-refractivity contribution in [2.45, 2.75) is 18.3 Å². The Labute approximate surface area is 73.1 Å². The van der Waals surface area contributed by atoms with E-state index in [4.69, 9.17) is 0 Å². The van der Waals surface area contributed by atoms with E-state index in [1.54, 1.807) is 0 Å². The molecular weight excluding hydrogens is 192 g/mol. The summed E-state index contributed by atoms with van der Waals surface area (Å²) < 4.78 is 24.2. The predicted octanol–water partition coefficient (Wildman–Crippen LogP) is 0.495. The summed E-state index contributed by atoms with van der Waals surface area (Å²) in [5.41, 5.74) is -0.506. The molecule has 0 aromatic rings. The smallest absolute Gasteiger partial charge is 0.258 e. The Bertz CT molecular complexity index is 137. The van der Waals surface area contributed by atoms with E-state index < -0.39 is 16.4 Å². The van der Waals surface area contributed by atoms with Gasteiger partial charge in [-0.2, -0.15) is 12.6 Å². The Morgan fingerprint density at radius 2 is 2.10 bits per heavy atom. The molecule has 0 spiro atoms. The monoisotopic (exact) mass is 202 g/mol. The van der Waals surface area contributed by atoms with E-state index in [0.717, 1.165) is 12.2 Å². The maximum Gasteiger partial charge on any atom is 0.258 e. The van der Waals surface area contributed by atoms with Crippen molar-refractivity contribution in [2.75, 3.05) is 5.75 Å². The van der Waals surface area contributed by atoms with Crippen LogP contribution in [0.25, 0.3) is 0 Å². The van der Waals surface area contributed by atoms with Crippen molar-refractivity contribution >= 4 is 36.2 Å². The summed E-state index contributed by atoms with van der Waals surface area (Å²) in [6.45, 7) is 0. The zero-order valence-corrected chi connectivity index (χ0v) is 7.95. The zero-order chi connectivity index (χ0) is 7.98. The molecule has 6 heteroatoms. The molecule has 0 N–H and O–H groups in total. The van der Waals surface area contributed by atoms with Crippen molar-refractivity contribution < 1.29 is 12.6 Å².